The summed E-state index contributed by atoms with van der Waals surface area (Å²) in [6, 6.07) is 5.99. The first-order valence-electron chi connectivity index (χ1n) is 6.78. The fourth-order valence-corrected chi connectivity index (χ4v) is 2.92. The number of ketones is 1. The molecule has 19 heavy (non-hydrogen) atoms. The topological polar surface area (TPSA) is 38.3 Å². The summed E-state index contributed by atoms with van der Waals surface area (Å²) in [4.78, 5) is 12.3. The van der Waals surface area contributed by atoms with Gasteiger partial charge in [0.1, 0.15) is 11.4 Å². The molecule has 3 nitrogen and oxygen atoms in total. The highest BCUT2D eigenvalue weighted by molar-refractivity contribution is 6.00. The first-order valence-corrected chi connectivity index (χ1v) is 6.78. The predicted molar refractivity (Wildman–Crippen MR) is 77.5 cm³/mol. The lowest BCUT2D eigenvalue weighted by Crippen LogP contribution is -2.49. The second kappa shape index (κ2) is 5.51. The molecule has 104 valence electrons. The van der Waals surface area contributed by atoms with E-state index in [1.54, 1.807) is 0 Å². The van der Waals surface area contributed by atoms with Crippen molar-refractivity contribution in [3.63, 3.8) is 0 Å². The van der Waals surface area contributed by atoms with Crippen molar-refractivity contribution in [3.05, 3.63) is 29.3 Å². The number of fused-ring (bicyclic) bond motifs is 1. The van der Waals surface area contributed by atoms with E-state index in [2.05, 4.69) is 12.2 Å². The monoisotopic (exact) mass is 281 g/mol. The summed E-state index contributed by atoms with van der Waals surface area (Å²) in [7, 11) is 0. The third kappa shape index (κ3) is 2.63. The van der Waals surface area contributed by atoms with Gasteiger partial charge in [0.05, 0.1) is 12.0 Å². The van der Waals surface area contributed by atoms with Crippen LogP contribution in [0, 0.1) is 0 Å². The number of benzene rings is 1. The van der Waals surface area contributed by atoms with Crippen molar-refractivity contribution in [2.75, 3.05) is 13.1 Å². The maximum absolute atomic E-state index is 12.3. The van der Waals surface area contributed by atoms with Crippen LogP contribution in [-0.4, -0.2) is 24.5 Å². The van der Waals surface area contributed by atoms with E-state index in [0.717, 1.165) is 43.7 Å². The van der Waals surface area contributed by atoms with Crippen LogP contribution in [0.15, 0.2) is 18.2 Å². The largest absolute Gasteiger partial charge is 0.486 e. The summed E-state index contributed by atoms with van der Waals surface area (Å²) in [5, 5.41) is 3.33. The summed E-state index contributed by atoms with van der Waals surface area (Å²) in [6.07, 6.45) is 3.36. The van der Waals surface area contributed by atoms with Gasteiger partial charge in [0.2, 0.25) is 0 Å². The van der Waals surface area contributed by atoms with Crippen LogP contribution >= 0.6 is 12.4 Å². The fourth-order valence-electron chi connectivity index (χ4n) is 2.92. The molecule has 1 fully saturated rings. The molecule has 0 radical (unpaired) electrons. The molecule has 1 aromatic rings. The molecule has 0 amide bonds. The number of halogens is 1. The minimum absolute atomic E-state index is 0. The smallest absolute Gasteiger partial charge is 0.170 e. The molecular weight excluding hydrogens is 262 g/mol. The summed E-state index contributed by atoms with van der Waals surface area (Å²) in [5.41, 5.74) is 1.74. The fraction of sp³-hybridized carbons (Fsp3) is 0.533. The number of rotatable bonds is 1. The highest BCUT2D eigenvalue weighted by Gasteiger charge is 2.41. The van der Waals surface area contributed by atoms with Crippen LogP contribution in [0.4, 0.5) is 0 Å². The number of nitrogens with one attached hydrogen (secondary N) is 1. The summed E-state index contributed by atoms with van der Waals surface area (Å²) < 4.78 is 6.21. The molecule has 1 saturated heterocycles. The minimum atomic E-state index is -0.248. The Morgan fingerprint density at radius 2 is 2.05 bits per heavy atom. The molecule has 2 heterocycles. The maximum Gasteiger partial charge on any atom is 0.170 e. The van der Waals surface area contributed by atoms with Gasteiger partial charge in [-0.15, -0.1) is 12.4 Å². The normalized spacial score (nSPS) is 20.4. The lowest BCUT2D eigenvalue weighted by Gasteiger charge is -2.41. The van der Waals surface area contributed by atoms with Gasteiger partial charge in [-0.3, -0.25) is 4.79 Å². The maximum atomic E-state index is 12.3. The van der Waals surface area contributed by atoms with Crippen LogP contribution in [0.2, 0.25) is 0 Å². The van der Waals surface area contributed by atoms with Gasteiger partial charge in [0.25, 0.3) is 0 Å². The Bertz CT molecular complexity index is 481. The number of carbonyl (C=O) groups excluding carboxylic acids is 1. The van der Waals surface area contributed by atoms with Crippen molar-refractivity contribution in [2.45, 2.75) is 38.2 Å². The van der Waals surface area contributed by atoms with Crippen molar-refractivity contribution < 1.29 is 9.53 Å². The Balaban J connectivity index is 0.00000133. The number of ether oxygens (including phenoxy) is 1. The lowest BCUT2D eigenvalue weighted by molar-refractivity contribution is 0.0187. The zero-order valence-electron chi connectivity index (χ0n) is 11.2. The van der Waals surface area contributed by atoms with Crippen LogP contribution in [0.5, 0.6) is 5.75 Å². The van der Waals surface area contributed by atoms with Gasteiger partial charge in [-0.2, -0.15) is 0 Å². The predicted octanol–water partition coefficient (Wildman–Crippen LogP) is 2.76. The van der Waals surface area contributed by atoms with Crippen molar-refractivity contribution in [2.24, 2.45) is 0 Å². The Morgan fingerprint density at radius 3 is 2.74 bits per heavy atom. The van der Waals surface area contributed by atoms with Crippen molar-refractivity contribution >= 4 is 18.2 Å². The molecule has 1 spiro atoms. The lowest BCUT2D eigenvalue weighted by atomic mass is 9.83. The Labute approximate surface area is 120 Å². The van der Waals surface area contributed by atoms with Crippen molar-refractivity contribution in [1.29, 1.82) is 0 Å². The van der Waals surface area contributed by atoms with Crippen LogP contribution in [-0.2, 0) is 6.42 Å². The van der Waals surface area contributed by atoms with Gasteiger partial charge in [-0.25, -0.2) is 0 Å². The molecule has 0 unspecified atom stereocenters. The van der Waals surface area contributed by atoms with Gasteiger partial charge < -0.3 is 10.1 Å². The zero-order valence-corrected chi connectivity index (χ0v) is 12.0. The van der Waals surface area contributed by atoms with Gasteiger partial charge in [-0.1, -0.05) is 13.0 Å². The summed E-state index contributed by atoms with van der Waals surface area (Å²) in [5.74, 6) is 1.04. The number of Topliss-reactive ketones (excluding diaryl/α,β-unsaturated/α-hetero) is 1. The van der Waals surface area contributed by atoms with E-state index in [4.69, 9.17) is 4.74 Å². The van der Waals surface area contributed by atoms with Crippen molar-refractivity contribution in [1.82, 2.24) is 5.32 Å². The van der Waals surface area contributed by atoms with E-state index < -0.39 is 0 Å². The average Bonchev–Trinajstić information content (AvgIpc) is 2.38. The molecule has 2 aliphatic rings. The van der Waals surface area contributed by atoms with Gasteiger partial charge in [-0.05, 0) is 37.2 Å². The van der Waals surface area contributed by atoms with Crippen LogP contribution in [0.25, 0.3) is 0 Å². The van der Waals surface area contributed by atoms with E-state index in [1.807, 2.05) is 18.2 Å². The SMILES string of the molecule is CCc1ccc2c(c1)OC1(CCNCC1)CC2=O.Cl. The molecule has 3 rings (SSSR count). The quantitative estimate of drug-likeness (QED) is 0.860. The van der Waals surface area contributed by atoms with Crippen molar-refractivity contribution in [3.8, 4) is 5.75 Å². The van der Waals surface area contributed by atoms with Crippen LogP contribution in [0.3, 0.4) is 0 Å². The number of carbonyl (C=O) groups is 1. The van der Waals surface area contributed by atoms with Gasteiger partial charge >= 0.3 is 0 Å². The van der Waals surface area contributed by atoms with E-state index in [9.17, 15) is 4.79 Å². The zero-order chi connectivity index (χ0) is 12.6. The third-order valence-corrected chi connectivity index (χ3v) is 4.08. The van der Waals surface area contributed by atoms with Crippen LogP contribution < -0.4 is 10.1 Å². The number of hydrogen-bond acceptors (Lipinski definition) is 3. The molecule has 0 atom stereocenters. The highest BCUT2D eigenvalue weighted by atomic mass is 35.5. The molecule has 0 aromatic heterocycles. The minimum Gasteiger partial charge on any atom is -0.486 e. The molecule has 0 saturated carbocycles. The van der Waals surface area contributed by atoms with Gasteiger partial charge in [0.15, 0.2) is 5.78 Å². The summed E-state index contributed by atoms with van der Waals surface area (Å²) >= 11 is 0. The third-order valence-electron chi connectivity index (χ3n) is 4.08. The Kier molecular flexibility index (Phi) is 4.16. The van der Waals surface area contributed by atoms with Crippen LogP contribution in [0.1, 0.15) is 42.1 Å². The number of hydrogen-bond donors (Lipinski definition) is 1. The number of piperidine rings is 1. The second-order valence-electron chi connectivity index (χ2n) is 5.32. The standard InChI is InChI=1S/C15H19NO2.ClH/c1-2-11-3-4-12-13(17)10-15(18-14(12)9-11)5-7-16-8-6-15;/h3-4,9,16H,2,5-8,10H2,1H3;1H. The van der Waals surface area contributed by atoms with E-state index in [1.165, 1.54) is 5.56 Å². The van der Waals surface area contributed by atoms with E-state index >= 15 is 0 Å². The molecule has 1 N–H and O–H groups in total. The first kappa shape index (κ1) is 14.4. The second-order valence-corrected chi connectivity index (χ2v) is 5.32. The molecule has 0 bridgehead atoms. The van der Waals surface area contributed by atoms with Gasteiger partial charge in [0, 0.05) is 12.8 Å². The number of aryl methyl sites for hydroxylation is 1. The molecule has 1 aromatic carbocycles. The van der Waals surface area contributed by atoms with E-state index in [-0.39, 0.29) is 23.8 Å². The Hall–Kier alpha value is -1.06. The Morgan fingerprint density at radius 1 is 1.32 bits per heavy atom. The first-order chi connectivity index (χ1) is 8.72. The molecule has 4 heteroatoms. The summed E-state index contributed by atoms with van der Waals surface area (Å²) in [6.45, 7) is 4.00. The molecular formula is C15H20ClNO2. The highest BCUT2D eigenvalue weighted by Crippen LogP contribution is 2.38. The molecule has 2 aliphatic heterocycles. The average molecular weight is 282 g/mol. The molecule has 0 aliphatic carbocycles. The van der Waals surface area contributed by atoms with E-state index in [0.29, 0.717) is 6.42 Å².